The average molecular weight is 499 g/mol. The number of carbonyl (C=O) groups is 1. The molecule has 0 fully saturated rings. The fraction of sp³-hybridized carbons (Fsp3) is 0.444. The van der Waals surface area contributed by atoms with Gasteiger partial charge in [0.1, 0.15) is 24.7 Å². The van der Waals surface area contributed by atoms with E-state index in [1.54, 1.807) is 23.7 Å². The van der Waals surface area contributed by atoms with E-state index in [0.717, 1.165) is 23.5 Å². The Labute approximate surface area is 210 Å². The number of aryl methyl sites for hydroxylation is 1. The third kappa shape index (κ3) is 6.73. The molecule has 1 aliphatic rings. The molecule has 188 valence electrons. The smallest absolute Gasteiger partial charge is 0.237 e. The van der Waals surface area contributed by atoms with Crippen molar-refractivity contribution in [3.8, 4) is 5.75 Å². The minimum Gasteiger partial charge on any atom is -0.491 e. The predicted octanol–water partition coefficient (Wildman–Crippen LogP) is 4.05. The standard InChI is InChI=1S/C27H34N2O5S/c1-3-28(15-21(30)17-32-18-22-8-6-13-33-22)16-27(31)29-12-10-26-23(11-14-35-26)24(29)19-34-25-9-5-4-7-20(25)2/h4-9,11,13-14,21,24,30H,3,10,12,15-19H2,1-2H3/t21-,24+/m1/s1. The number of ether oxygens (including phenoxy) is 2. The van der Waals surface area contributed by atoms with Crippen LogP contribution in [0.1, 0.15) is 34.7 Å². The number of carbonyl (C=O) groups excluding carboxylic acids is 1. The van der Waals surface area contributed by atoms with E-state index in [2.05, 4.69) is 11.4 Å². The number of rotatable bonds is 12. The largest absolute Gasteiger partial charge is 0.491 e. The number of furan rings is 1. The Kier molecular flexibility index (Phi) is 8.98. The first-order valence-corrected chi connectivity index (χ1v) is 13.0. The quantitative estimate of drug-likeness (QED) is 0.406. The number of aliphatic hydroxyl groups is 1. The average Bonchev–Trinajstić information content (AvgIpc) is 3.55. The fourth-order valence-electron chi connectivity index (χ4n) is 4.39. The highest BCUT2D eigenvalue weighted by Gasteiger charge is 2.33. The van der Waals surface area contributed by atoms with Crippen molar-refractivity contribution < 1.29 is 23.8 Å². The van der Waals surface area contributed by atoms with Gasteiger partial charge in [0, 0.05) is 18.0 Å². The molecule has 0 saturated heterocycles. The van der Waals surface area contributed by atoms with Crippen LogP contribution in [0.15, 0.2) is 58.5 Å². The predicted molar refractivity (Wildman–Crippen MR) is 136 cm³/mol. The van der Waals surface area contributed by atoms with Crippen LogP contribution in [-0.2, 0) is 22.6 Å². The van der Waals surface area contributed by atoms with Crippen LogP contribution in [0.2, 0.25) is 0 Å². The molecular weight excluding hydrogens is 464 g/mol. The maximum Gasteiger partial charge on any atom is 0.237 e. The van der Waals surface area contributed by atoms with Gasteiger partial charge in [-0.2, -0.15) is 0 Å². The molecule has 1 aromatic carbocycles. The fourth-order valence-corrected chi connectivity index (χ4v) is 5.32. The molecule has 1 amide bonds. The topological polar surface area (TPSA) is 75.4 Å². The second-order valence-electron chi connectivity index (χ2n) is 8.80. The Morgan fingerprint density at radius 2 is 2.14 bits per heavy atom. The number of para-hydroxylation sites is 1. The summed E-state index contributed by atoms with van der Waals surface area (Å²) < 4.78 is 17.0. The van der Waals surface area contributed by atoms with Gasteiger partial charge in [-0.05, 0) is 60.7 Å². The van der Waals surface area contributed by atoms with Crippen molar-refractivity contribution in [1.82, 2.24) is 9.80 Å². The number of hydrogen-bond acceptors (Lipinski definition) is 7. The maximum absolute atomic E-state index is 13.4. The van der Waals surface area contributed by atoms with E-state index in [4.69, 9.17) is 13.9 Å². The number of amides is 1. The molecule has 0 radical (unpaired) electrons. The van der Waals surface area contributed by atoms with Gasteiger partial charge >= 0.3 is 0 Å². The minimum atomic E-state index is -0.692. The van der Waals surface area contributed by atoms with Crippen molar-refractivity contribution in [3.63, 3.8) is 0 Å². The molecule has 1 aliphatic heterocycles. The molecule has 0 saturated carbocycles. The van der Waals surface area contributed by atoms with Gasteiger partial charge in [0.15, 0.2) is 0 Å². The van der Waals surface area contributed by atoms with E-state index in [0.29, 0.717) is 32.8 Å². The van der Waals surface area contributed by atoms with Crippen molar-refractivity contribution in [2.24, 2.45) is 0 Å². The van der Waals surface area contributed by atoms with E-state index in [-0.39, 0.29) is 25.1 Å². The summed E-state index contributed by atoms with van der Waals surface area (Å²) in [4.78, 5) is 18.7. The third-order valence-corrected chi connectivity index (χ3v) is 7.31. The summed E-state index contributed by atoms with van der Waals surface area (Å²) in [5.74, 6) is 1.61. The third-order valence-electron chi connectivity index (χ3n) is 6.32. The normalized spacial score (nSPS) is 16.3. The summed E-state index contributed by atoms with van der Waals surface area (Å²) >= 11 is 1.74. The van der Waals surface area contributed by atoms with Crippen molar-refractivity contribution in [2.75, 3.05) is 39.4 Å². The lowest BCUT2D eigenvalue weighted by Crippen LogP contribution is -2.48. The van der Waals surface area contributed by atoms with E-state index in [1.165, 1.54) is 10.4 Å². The maximum atomic E-state index is 13.4. The first kappa shape index (κ1) is 25.4. The highest BCUT2D eigenvalue weighted by molar-refractivity contribution is 7.10. The van der Waals surface area contributed by atoms with Crippen LogP contribution in [-0.4, -0.2) is 66.3 Å². The SMILES string of the molecule is CCN(CC(=O)N1CCc2sccc2[C@@H]1COc1ccccc1C)C[C@@H](O)COCc1ccco1. The Hall–Kier alpha value is -2.65. The van der Waals surface area contributed by atoms with Gasteiger partial charge < -0.3 is 23.9 Å². The molecule has 8 heteroatoms. The number of hydrogen-bond donors (Lipinski definition) is 1. The zero-order valence-corrected chi connectivity index (χ0v) is 21.2. The summed E-state index contributed by atoms with van der Waals surface area (Å²) in [6, 6.07) is 13.6. The lowest BCUT2D eigenvalue weighted by atomic mass is 10.0. The second kappa shape index (κ2) is 12.4. The molecule has 2 aromatic heterocycles. The molecular formula is C27H34N2O5S. The number of thiophene rings is 1. The molecule has 0 unspecified atom stereocenters. The lowest BCUT2D eigenvalue weighted by molar-refractivity contribution is -0.136. The second-order valence-corrected chi connectivity index (χ2v) is 9.81. The van der Waals surface area contributed by atoms with Crippen LogP contribution in [0.5, 0.6) is 5.75 Å². The van der Waals surface area contributed by atoms with Gasteiger partial charge in [-0.3, -0.25) is 9.69 Å². The molecule has 0 bridgehead atoms. The summed E-state index contributed by atoms with van der Waals surface area (Å²) in [6.45, 7) is 6.86. The molecule has 7 nitrogen and oxygen atoms in total. The van der Waals surface area contributed by atoms with Crippen LogP contribution in [0.3, 0.4) is 0 Å². The Morgan fingerprint density at radius 3 is 2.91 bits per heavy atom. The van der Waals surface area contributed by atoms with Gasteiger partial charge in [-0.1, -0.05) is 25.1 Å². The van der Waals surface area contributed by atoms with Gasteiger partial charge in [-0.15, -0.1) is 11.3 Å². The van der Waals surface area contributed by atoms with Gasteiger partial charge in [0.05, 0.1) is 31.6 Å². The molecule has 0 spiro atoms. The van der Waals surface area contributed by atoms with Crippen LogP contribution >= 0.6 is 11.3 Å². The summed E-state index contributed by atoms with van der Waals surface area (Å²) in [6.07, 6.45) is 1.76. The summed E-state index contributed by atoms with van der Waals surface area (Å²) in [5, 5.41) is 12.5. The molecule has 3 aromatic rings. The monoisotopic (exact) mass is 498 g/mol. The molecule has 3 heterocycles. The van der Waals surface area contributed by atoms with Crippen LogP contribution in [0.4, 0.5) is 0 Å². The number of nitrogens with zero attached hydrogens (tertiary/aromatic N) is 2. The summed E-state index contributed by atoms with van der Waals surface area (Å²) in [7, 11) is 0. The van der Waals surface area contributed by atoms with E-state index in [1.807, 2.05) is 54.0 Å². The van der Waals surface area contributed by atoms with E-state index in [9.17, 15) is 9.90 Å². The summed E-state index contributed by atoms with van der Waals surface area (Å²) in [5.41, 5.74) is 2.25. The van der Waals surface area contributed by atoms with E-state index >= 15 is 0 Å². The molecule has 0 aliphatic carbocycles. The van der Waals surface area contributed by atoms with Crippen molar-refractivity contribution in [1.29, 1.82) is 0 Å². The van der Waals surface area contributed by atoms with Crippen LogP contribution < -0.4 is 4.74 Å². The molecule has 2 atom stereocenters. The molecule has 4 rings (SSSR count). The van der Waals surface area contributed by atoms with Crippen molar-refractivity contribution in [3.05, 3.63) is 75.9 Å². The number of aliphatic hydroxyl groups excluding tert-OH is 1. The highest BCUT2D eigenvalue weighted by atomic mass is 32.1. The van der Waals surface area contributed by atoms with Gasteiger partial charge in [-0.25, -0.2) is 0 Å². The zero-order valence-electron chi connectivity index (χ0n) is 20.4. The Bertz CT molecular complexity index is 1070. The number of benzene rings is 1. The first-order chi connectivity index (χ1) is 17.0. The minimum absolute atomic E-state index is 0.0470. The van der Waals surface area contributed by atoms with Gasteiger partial charge in [0.25, 0.3) is 0 Å². The van der Waals surface area contributed by atoms with Crippen molar-refractivity contribution in [2.45, 2.75) is 39.0 Å². The van der Waals surface area contributed by atoms with Crippen molar-refractivity contribution >= 4 is 17.2 Å². The molecule has 1 N–H and O–H groups in total. The lowest BCUT2D eigenvalue weighted by Gasteiger charge is -2.37. The Balaban J connectivity index is 1.35. The Morgan fingerprint density at radius 1 is 1.29 bits per heavy atom. The van der Waals surface area contributed by atoms with Crippen LogP contribution in [0, 0.1) is 6.92 Å². The molecule has 35 heavy (non-hydrogen) atoms. The zero-order chi connectivity index (χ0) is 24.6. The number of fused-ring (bicyclic) bond motifs is 1. The van der Waals surface area contributed by atoms with Gasteiger partial charge in [0.2, 0.25) is 5.91 Å². The number of likely N-dealkylation sites (N-methyl/N-ethyl adjacent to an activating group) is 1. The van der Waals surface area contributed by atoms with Crippen LogP contribution in [0.25, 0.3) is 0 Å². The first-order valence-electron chi connectivity index (χ1n) is 12.1. The highest BCUT2D eigenvalue weighted by Crippen LogP contribution is 2.34. The van der Waals surface area contributed by atoms with E-state index < -0.39 is 6.10 Å².